The van der Waals surface area contributed by atoms with E-state index in [0.29, 0.717) is 11.8 Å². The number of pyridine rings is 1. The molecule has 2 aromatic rings. The number of sulfonamides is 1. The average Bonchev–Trinajstić information content (AvgIpc) is 3.19. The maximum absolute atomic E-state index is 11.4. The van der Waals surface area contributed by atoms with Gasteiger partial charge in [0.2, 0.25) is 15.9 Å². The molecule has 3 rings (SSSR count). The minimum Gasteiger partial charge on any atom is -0.481 e. The molecule has 0 amide bonds. The van der Waals surface area contributed by atoms with E-state index in [9.17, 15) is 8.42 Å². The van der Waals surface area contributed by atoms with Crippen LogP contribution in [-0.4, -0.2) is 20.5 Å². The predicted molar refractivity (Wildman–Crippen MR) is 106 cm³/mol. The number of aromatic nitrogens is 1. The Kier molecular flexibility index (Phi) is 5.32. The fourth-order valence-corrected chi connectivity index (χ4v) is 4.71. The molecule has 0 bridgehead atoms. The number of nitrogens with zero attached hydrogens (tertiary/aromatic N) is 1. The Bertz CT molecular complexity index is 921. The first kappa shape index (κ1) is 19.8. The van der Waals surface area contributed by atoms with Crippen LogP contribution in [0.1, 0.15) is 49.9 Å². The minimum absolute atomic E-state index is 0.160. The summed E-state index contributed by atoms with van der Waals surface area (Å²) in [6.45, 7) is 6.62. The number of hydrogen-bond donors (Lipinski definition) is 1. The molecular weight excluding hydrogens is 360 g/mol. The minimum atomic E-state index is -3.65. The second-order valence-corrected chi connectivity index (χ2v) is 9.44. The maximum atomic E-state index is 11.4. The van der Waals surface area contributed by atoms with Crippen LogP contribution >= 0.6 is 0 Å². The van der Waals surface area contributed by atoms with Crippen LogP contribution in [0.2, 0.25) is 0 Å². The molecule has 6 heteroatoms. The van der Waals surface area contributed by atoms with Gasteiger partial charge in [-0.25, -0.2) is 18.5 Å². The van der Waals surface area contributed by atoms with E-state index >= 15 is 0 Å². The fourth-order valence-electron chi connectivity index (χ4n) is 4.19. The van der Waals surface area contributed by atoms with Crippen LogP contribution in [0.15, 0.2) is 41.3 Å². The third-order valence-corrected chi connectivity index (χ3v) is 6.82. The molecule has 1 saturated carbocycles. The van der Waals surface area contributed by atoms with E-state index in [4.69, 9.17) is 9.88 Å². The fraction of sp³-hybridized carbons (Fsp3) is 0.476. The smallest absolute Gasteiger partial charge is 0.238 e. The van der Waals surface area contributed by atoms with E-state index in [1.165, 1.54) is 5.56 Å². The summed E-state index contributed by atoms with van der Waals surface area (Å²) in [6, 6.07) is 11.2. The Morgan fingerprint density at radius 2 is 1.81 bits per heavy atom. The summed E-state index contributed by atoms with van der Waals surface area (Å²) in [5.74, 6) is 1.68. The van der Waals surface area contributed by atoms with Gasteiger partial charge in [0.05, 0.1) is 12.0 Å². The maximum Gasteiger partial charge on any atom is 0.238 e. The highest BCUT2D eigenvalue weighted by atomic mass is 32.2. The number of nitrogens with two attached hydrogens (primary N) is 1. The van der Waals surface area contributed by atoms with Crippen molar-refractivity contribution in [1.29, 1.82) is 0 Å². The van der Waals surface area contributed by atoms with Gasteiger partial charge in [-0.15, -0.1) is 0 Å². The quantitative estimate of drug-likeness (QED) is 0.784. The van der Waals surface area contributed by atoms with Gasteiger partial charge in [-0.05, 0) is 60.3 Å². The molecule has 2 unspecified atom stereocenters. The molecule has 1 heterocycles. The van der Waals surface area contributed by atoms with Crippen molar-refractivity contribution in [2.75, 3.05) is 7.11 Å². The van der Waals surface area contributed by atoms with Crippen molar-refractivity contribution < 1.29 is 13.2 Å². The second-order valence-electron chi connectivity index (χ2n) is 7.88. The van der Waals surface area contributed by atoms with Crippen molar-refractivity contribution in [3.8, 4) is 5.88 Å². The zero-order valence-corrected chi connectivity index (χ0v) is 17.2. The summed E-state index contributed by atoms with van der Waals surface area (Å²) < 4.78 is 28.4. The molecule has 1 aromatic carbocycles. The molecule has 1 aliphatic carbocycles. The van der Waals surface area contributed by atoms with Gasteiger partial charge in [-0.3, -0.25) is 0 Å². The van der Waals surface area contributed by atoms with Gasteiger partial charge < -0.3 is 4.74 Å². The van der Waals surface area contributed by atoms with Crippen LogP contribution in [0, 0.1) is 11.3 Å². The Morgan fingerprint density at radius 3 is 2.37 bits per heavy atom. The van der Waals surface area contributed by atoms with Gasteiger partial charge in [0.25, 0.3) is 0 Å². The lowest BCUT2D eigenvalue weighted by molar-refractivity contribution is 0.389. The van der Waals surface area contributed by atoms with Crippen LogP contribution < -0.4 is 9.88 Å². The molecule has 2 atom stereocenters. The molecule has 1 aliphatic rings. The van der Waals surface area contributed by atoms with E-state index in [1.807, 2.05) is 12.1 Å². The SMILES string of the molecule is CCc1ccc(CCC2C(c3ccc(S(N)(=O)=O)cc3)C2(C)C)c(OC)n1. The summed E-state index contributed by atoms with van der Waals surface area (Å²) in [5.41, 5.74) is 3.53. The van der Waals surface area contributed by atoms with E-state index in [2.05, 4.69) is 37.9 Å². The van der Waals surface area contributed by atoms with Gasteiger partial charge >= 0.3 is 0 Å². The third-order valence-electron chi connectivity index (χ3n) is 5.90. The van der Waals surface area contributed by atoms with Gasteiger partial charge in [-0.2, -0.15) is 0 Å². The summed E-state index contributed by atoms with van der Waals surface area (Å²) in [4.78, 5) is 4.72. The summed E-state index contributed by atoms with van der Waals surface area (Å²) in [7, 11) is -1.98. The third kappa shape index (κ3) is 4.01. The number of hydrogen-bond acceptors (Lipinski definition) is 4. The highest BCUT2D eigenvalue weighted by Gasteiger charge is 2.57. The van der Waals surface area contributed by atoms with Crippen LogP contribution in [0.5, 0.6) is 5.88 Å². The van der Waals surface area contributed by atoms with Crippen molar-refractivity contribution in [3.63, 3.8) is 0 Å². The van der Waals surface area contributed by atoms with Crippen molar-refractivity contribution in [3.05, 3.63) is 53.2 Å². The van der Waals surface area contributed by atoms with Crippen molar-refractivity contribution >= 4 is 10.0 Å². The average molecular weight is 389 g/mol. The highest BCUT2D eigenvalue weighted by molar-refractivity contribution is 7.89. The molecule has 0 radical (unpaired) electrons. The number of methoxy groups -OCH3 is 1. The van der Waals surface area contributed by atoms with Crippen LogP contribution in [0.25, 0.3) is 0 Å². The Labute approximate surface area is 162 Å². The molecule has 2 N–H and O–H groups in total. The molecule has 0 saturated heterocycles. The van der Waals surface area contributed by atoms with E-state index in [0.717, 1.165) is 36.4 Å². The summed E-state index contributed by atoms with van der Waals surface area (Å²) in [6.07, 6.45) is 2.85. The van der Waals surface area contributed by atoms with Crippen LogP contribution in [0.3, 0.4) is 0 Å². The Morgan fingerprint density at radius 1 is 1.15 bits per heavy atom. The lowest BCUT2D eigenvalue weighted by atomic mass is 10.0. The van der Waals surface area contributed by atoms with Gasteiger partial charge in [0.15, 0.2) is 0 Å². The molecule has 0 aliphatic heterocycles. The first-order chi connectivity index (χ1) is 12.7. The molecular formula is C21H28N2O3S. The Balaban J connectivity index is 1.72. The van der Waals surface area contributed by atoms with Gasteiger partial charge in [0.1, 0.15) is 0 Å². The zero-order valence-electron chi connectivity index (χ0n) is 16.4. The predicted octanol–water partition coefficient (Wildman–Crippen LogP) is 3.67. The highest BCUT2D eigenvalue weighted by Crippen LogP contribution is 2.66. The number of benzene rings is 1. The molecule has 0 spiro atoms. The van der Waals surface area contributed by atoms with Crippen LogP contribution in [0.4, 0.5) is 0 Å². The standard InChI is InChI=1S/C21H28N2O3S/c1-5-16-10-6-15(20(23-16)26-4)9-13-18-19(21(18,2)3)14-7-11-17(12-8-14)27(22,24)25/h6-8,10-12,18-19H,5,9,13H2,1-4H3,(H2,22,24,25). The topological polar surface area (TPSA) is 82.3 Å². The molecule has 146 valence electrons. The lowest BCUT2D eigenvalue weighted by Crippen LogP contribution is -2.11. The number of primary sulfonamides is 1. The normalized spacial score (nSPS) is 21.1. The van der Waals surface area contributed by atoms with Gasteiger partial charge in [0, 0.05) is 11.3 Å². The van der Waals surface area contributed by atoms with Crippen LogP contribution in [-0.2, 0) is 22.9 Å². The van der Waals surface area contributed by atoms with Gasteiger partial charge in [-0.1, -0.05) is 39.0 Å². The van der Waals surface area contributed by atoms with Crippen molar-refractivity contribution in [2.45, 2.75) is 50.8 Å². The zero-order chi connectivity index (χ0) is 19.8. The summed E-state index contributed by atoms with van der Waals surface area (Å²) >= 11 is 0. The lowest BCUT2D eigenvalue weighted by Gasteiger charge is -2.09. The van der Waals surface area contributed by atoms with Crippen molar-refractivity contribution in [1.82, 2.24) is 4.98 Å². The molecule has 27 heavy (non-hydrogen) atoms. The first-order valence-electron chi connectivity index (χ1n) is 9.34. The van der Waals surface area contributed by atoms with E-state index in [-0.39, 0.29) is 10.3 Å². The number of aryl methyl sites for hydroxylation is 2. The first-order valence-corrected chi connectivity index (χ1v) is 10.9. The number of rotatable bonds is 7. The molecule has 1 aromatic heterocycles. The monoisotopic (exact) mass is 388 g/mol. The molecule has 5 nitrogen and oxygen atoms in total. The Hall–Kier alpha value is -1.92. The largest absolute Gasteiger partial charge is 0.481 e. The summed E-state index contributed by atoms with van der Waals surface area (Å²) in [5, 5.41) is 5.19. The second kappa shape index (κ2) is 7.24. The van der Waals surface area contributed by atoms with E-state index < -0.39 is 10.0 Å². The van der Waals surface area contributed by atoms with Crippen molar-refractivity contribution in [2.24, 2.45) is 16.5 Å². The van der Waals surface area contributed by atoms with E-state index in [1.54, 1.807) is 19.2 Å². The molecule has 1 fully saturated rings. The number of ether oxygens (including phenoxy) is 1.